The van der Waals surface area contributed by atoms with Crippen molar-refractivity contribution in [1.29, 1.82) is 0 Å². The zero-order valence-electron chi connectivity index (χ0n) is 22.7. The fourth-order valence-corrected chi connectivity index (χ4v) is 6.78. The zero-order chi connectivity index (χ0) is 27.4. The van der Waals surface area contributed by atoms with Gasteiger partial charge in [-0.25, -0.2) is 0 Å². The summed E-state index contributed by atoms with van der Waals surface area (Å²) in [5, 5.41) is 0. The third kappa shape index (κ3) is 13.4. The van der Waals surface area contributed by atoms with Gasteiger partial charge in [0.2, 0.25) is 0 Å². The first-order valence-electron chi connectivity index (χ1n) is 13.3. The summed E-state index contributed by atoms with van der Waals surface area (Å²) in [4.78, 5) is 49.9. The van der Waals surface area contributed by atoms with Gasteiger partial charge in [-0.2, -0.15) is 0 Å². The van der Waals surface area contributed by atoms with Gasteiger partial charge in [0.1, 0.15) is 12.1 Å². The molecule has 0 aliphatic rings. The highest BCUT2D eigenvalue weighted by atomic mass is 33.1. The minimum Gasteiger partial charge on any atom is -0.465 e. The SMILES string of the molecule is CCCCCCCCOC(=O)[C@@H](N)C(SSC[C@H](N)C(=O)OCCCCCCCC)(C(C)=O)C(C)=O. The molecule has 0 aromatic rings. The first kappa shape index (κ1) is 34.9. The van der Waals surface area contributed by atoms with Crippen molar-refractivity contribution in [3.63, 3.8) is 0 Å². The molecule has 0 heterocycles. The molecule has 210 valence electrons. The monoisotopic (exact) mass is 548 g/mol. The average Bonchev–Trinajstić information content (AvgIpc) is 2.84. The fourth-order valence-electron chi connectivity index (χ4n) is 3.60. The fraction of sp³-hybridized carbons (Fsp3) is 0.846. The van der Waals surface area contributed by atoms with E-state index in [0.717, 1.165) is 66.5 Å². The number of rotatable bonds is 23. The number of hydrogen-bond donors (Lipinski definition) is 2. The average molecular weight is 549 g/mol. The Morgan fingerprint density at radius 1 is 0.694 bits per heavy atom. The van der Waals surface area contributed by atoms with Gasteiger partial charge in [-0.3, -0.25) is 19.2 Å². The van der Waals surface area contributed by atoms with E-state index >= 15 is 0 Å². The molecular formula is C26H48N2O6S2. The Kier molecular flexibility index (Phi) is 20.3. The quantitative estimate of drug-likeness (QED) is 0.0796. The summed E-state index contributed by atoms with van der Waals surface area (Å²) in [6, 6.07) is -2.38. The van der Waals surface area contributed by atoms with Gasteiger partial charge >= 0.3 is 11.9 Å². The highest BCUT2D eigenvalue weighted by Gasteiger charge is 2.51. The van der Waals surface area contributed by atoms with E-state index in [4.69, 9.17) is 20.9 Å². The summed E-state index contributed by atoms with van der Waals surface area (Å²) in [5.41, 5.74) is 12.0. The number of ketones is 2. The Balaban J connectivity index is 4.68. The van der Waals surface area contributed by atoms with Gasteiger partial charge in [0.15, 0.2) is 16.3 Å². The maximum absolute atomic E-state index is 12.6. The largest absolute Gasteiger partial charge is 0.465 e. The minimum atomic E-state index is -1.81. The molecule has 36 heavy (non-hydrogen) atoms. The third-order valence-corrected chi connectivity index (χ3v) is 9.22. The first-order valence-corrected chi connectivity index (χ1v) is 15.6. The molecule has 0 aliphatic heterocycles. The minimum absolute atomic E-state index is 0.0990. The second kappa shape index (κ2) is 20.9. The van der Waals surface area contributed by atoms with E-state index < -0.39 is 40.3 Å². The van der Waals surface area contributed by atoms with Crippen LogP contribution in [-0.2, 0) is 28.7 Å². The molecule has 10 heteroatoms. The number of carbonyl (C=O) groups is 4. The predicted molar refractivity (Wildman–Crippen MR) is 149 cm³/mol. The molecule has 0 saturated heterocycles. The third-order valence-electron chi connectivity index (χ3n) is 5.96. The van der Waals surface area contributed by atoms with Crippen LogP contribution in [0.4, 0.5) is 0 Å². The molecule has 8 nitrogen and oxygen atoms in total. The van der Waals surface area contributed by atoms with Gasteiger partial charge in [0.05, 0.1) is 13.2 Å². The second-order valence-electron chi connectivity index (χ2n) is 9.17. The van der Waals surface area contributed by atoms with Crippen LogP contribution in [-0.4, -0.2) is 59.3 Å². The van der Waals surface area contributed by atoms with Crippen LogP contribution in [0.1, 0.15) is 105 Å². The molecule has 0 fully saturated rings. The molecule has 0 bridgehead atoms. The van der Waals surface area contributed by atoms with Crippen molar-refractivity contribution in [2.45, 2.75) is 122 Å². The van der Waals surface area contributed by atoms with Crippen molar-refractivity contribution in [2.24, 2.45) is 11.5 Å². The summed E-state index contributed by atoms with van der Waals surface area (Å²) < 4.78 is 8.70. The van der Waals surface area contributed by atoms with E-state index in [9.17, 15) is 19.2 Å². The van der Waals surface area contributed by atoms with Gasteiger partial charge in [0.25, 0.3) is 0 Å². The maximum Gasteiger partial charge on any atom is 0.325 e. The van der Waals surface area contributed by atoms with Crippen LogP contribution in [0.3, 0.4) is 0 Å². The molecule has 0 saturated carbocycles. The van der Waals surface area contributed by atoms with Crippen molar-refractivity contribution in [3.8, 4) is 0 Å². The van der Waals surface area contributed by atoms with Crippen LogP contribution >= 0.6 is 21.6 Å². The van der Waals surface area contributed by atoms with E-state index in [1.807, 2.05) is 0 Å². The van der Waals surface area contributed by atoms with E-state index in [2.05, 4.69) is 13.8 Å². The maximum atomic E-state index is 12.6. The molecule has 0 rings (SSSR count). The molecular weight excluding hydrogens is 500 g/mol. The van der Waals surface area contributed by atoms with Gasteiger partial charge in [-0.1, -0.05) is 99.6 Å². The summed E-state index contributed by atoms with van der Waals surface area (Å²) >= 11 is 0. The highest BCUT2D eigenvalue weighted by molar-refractivity contribution is 8.77. The Morgan fingerprint density at radius 3 is 1.56 bits per heavy atom. The van der Waals surface area contributed by atoms with E-state index in [0.29, 0.717) is 13.0 Å². The number of carbonyl (C=O) groups excluding carboxylic acids is 4. The van der Waals surface area contributed by atoms with Crippen molar-refractivity contribution in [2.75, 3.05) is 19.0 Å². The molecule has 2 atom stereocenters. The molecule has 0 unspecified atom stereocenters. The van der Waals surface area contributed by atoms with Gasteiger partial charge in [-0.15, -0.1) is 0 Å². The summed E-state index contributed by atoms with van der Waals surface area (Å²) in [6.45, 7) is 7.27. The van der Waals surface area contributed by atoms with Crippen LogP contribution in [0.25, 0.3) is 0 Å². The Hall–Kier alpha value is -1.10. The lowest BCUT2D eigenvalue weighted by atomic mass is 9.91. The lowest BCUT2D eigenvalue weighted by molar-refractivity contribution is -0.149. The number of ether oxygens (including phenoxy) is 2. The van der Waals surface area contributed by atoms with Crippen LogP contribution in [0.5, 0.6) is 0 Å². The molecule has 0 spiro atoms. The number of hydrogen-bond acceptors (Lipinski definition) is 10. The standard InChI is InChI=1S/C26H48N2O6S2/c1-5-7-9-11-13-15-17-33-24(31)22(27)19-35-36-26(20(3)29,21(4)30)23(28)25(32)34-18-16-14-12-10-8-6-2/h22-23H,5-19,27-28H2,1-4H3/t22-,23+/m0/s1. The molecule has 0 amide bonds. The van der Waals surface area contributed by atoms with Gasteiger partial charge in [-0.05, 0) is 26.7 Å². The number of nitrogens with two attached hydrogens (primary N) is 2. The van der Waals surface area contributed by atoms with Gasteiger partial charge < -0.3 is 20.9 Å². The van der Waals surface area contributed by atoms with Crippen molar-refractivity contribution in [1.82, 2.24) is 0 Å². The second-order valence-corrected chi connectivity index (χ2v) is 11.8. The molecule has 4 N–H and O–H groups in total. The smallest absolute Gasteiger partial charge is 0.325 e. The topological polar surface area (TPSA) is 139 Å². The Labute approximate surface area is 225 Å². The summed E-state index contributed by atoms with van der Waals surface area (Å²) in [7, 11) is 1.92. The van der Waals surface area contributed by atoms with Gasteiger partial charge in [0, 0.05) is 5.75 Å². The number of Topliss-reactive ketones (excluding diaryl/α,β-unsaturated/α-hetero) is 2. The lowest BCUT2D eigenvalue weighted by Gasteiger charge is -2.31. The zero-order valence-corrected chi connectivity index (χ0v) is 24.3. The highest BCUT2D eigenvalue weighted by Crippen LogP contribution is 2.40. The van der Waals surface area contributed by atoms with Crippen LogP contribution in [0.2, 0.25) is 0 Å². The molecule has 0 radical (unpaired) electrons. The lowest BCUT2D eigenvalue weighted by Crippen LogP contribution is -2.59. The van der Waals surface area contributed by atoms with E-state index in [1.165, 1.54) is 39.5 Å². The van der Waals surface area contributed by atoms with Crippen LogP contribution < -0.4 is 11.5 Å². The molecule has 0 aromatic carbocycles. The van der Waals surface area contributed by atoms with E-state index in [-0.39, 0.29) is 12.4 Å². The molecule has 0 aromatic heterocycles. The van der Waals surface area contributed by atoms with Crippen LogP contribution in [0.15, 0.2) is 0 Å². The summed E-state index contributed by atoms with van der Waals surface area (Å²) in [6.07, 6.45) is 12.7. The number of unbranched alkanes of at least 4 members (excludes halogenated alkanes) is 10. The first-order chi connectivity index (χ1) is 17.1. The van der Waals surface area contributed by atoms with Crippen molar-refractivity contribution >= 4 is 45.1 Å². The summed E-state index contributed by atoms with van der Waals surface area (Å²) in [5.74, 6) is -2.31. The Bertz CT molecular complexity index is 648. The van der Waals surface area contributed by atoms with E-state index in [1.54, 1.807) is 0 Å². The number of esters is 2. The van der Waals surface area contributed by atoms with Crippen molar-refractivity contribution in [3.05, 3.63) is 0 Å². The van der Waals surface area contributed by atoms with Crippen molar-refractivity contribution < 1.29 is 28.7 Å². The molecule has 0 aliphatic carbocycles. The normalized spacial score (nSPS) is 13.2. The predicted octanol–water partition coefficient (Wildman–Crippen LogP) is 4.75. The Morgan fingerprint density at radius 2 is 1.11 bits per heavy atom. The van der Waals surface area contributed by atoms with Crippen LogP contribution in [0, 0.1) is 0 Å².